The molecule has 6 heteroatoms. The number of rotatable bonds is 3. The summed E-state index contributed by atoms with van der Waals surface area (Å²) in [5, 5.41) is 4.83. The Bertz CT molecular complexity index is 894. The van der Waals surface area contributed by atoms with Crippen LogP contribution >= 0.6 is 0 Å². The second kappa shape index (κ2) is 5.48. The second-order valence-electron chi connectivity index (χ2n) is 5.28. The van der Waals surface area contributed by atoms with Crippen molar-refractivity contribution in [3.05, 3.63) is 64.2 Å². The van der Waals surface area contributed by atoms with Gasteiger partial charge in [0.25, 0.3) is 5.91 Å². The molecule has 1 aromatic carbocycles. The van der Waals surface area contributed by atoms with Gasteiger partial charge in [0.05, 0.1) is 11.8 Å². The molecule has 2 aromatic heterocycles. The molecule has 112 valence electrons. The summed E-state index contributed by atoms with van der Waals surface area (Å²) in [7, 11) is 3.54. The molecule has 0 atom stereocenters. The number of fused-ring (bicyclic) bond motifs is 1. The third kappa shape index (κ3) is 2.63. The zero-order valence-corrected chi connectivity index (χ0v) is 12.4. The fourth-order valence-electron chi connectivity index (χ4n) is 2.49. The summed E-state index contributed by atoms with van der Waals surface area (Å²) >= 11 is 0. The number of hydrogen-bond acceptors (Lipinski definition) is 3. The van der Waals surface area contributed by atoms with Gasteiger partial charge in [0.1, 0.15) is 0 Å². The van der Waals surface area contributed by atoms with E-state index in [-0.39, 0.29) is 11.5 Å². The van der Waals surface area contributed by atoms with Gasteiger partial charge in [0.2, 0.25) is 5.56 Å². The number of nitrogens with one attached hydrogen (secondary N) is 1. The van der Waals surface area contributed by atoms with E-state index in [1.807, 2.05) is 31.4 Å². The first-order chi connectivity index (χ1) is 10.5. The Balaban J connectivity index is 1.96. The highest BCUT2D eigenvalue weighted by Crippen LogP contribution is 2.17. The van der Waals surface area contributed by atoms with E-state index in [0.717, 1.165) is 10.9 Å². The Morgan fingerprint density at radius 1 is 1.36 bits per heavy atom. The van der Waals surface area contributed by atoms with E-state index in [1.165, 1.54) is 6.07 Å². The van der Waals surface area contributed by atoms with Crippen LogP contribution in [0.3, 0.4) is 0 Å². The highest BCUT2D eigenvalue weighted by molar-refractivity contribution is 6.05. The Morgan fingerprint density at radius 2 is 2.14 bits per heavy atom. The minimum Gasteiger partial charge on any atom is -0.337 e. The largest absolute Gasteiger partial charge is 0.337 e. The minimum atomic E-state index is -0.281. The molecule has 0 saturated heterocycles. The summed E-state index contributed by atoms with van der Waals surface area (Å²) in [6.45, 7) is 0.438. The lowest BCUT2D eigenvalue weighted by Gasteiger charge is -2.17. The van der Waals surface area contributed by atoms with Crippen LogP contribution in [0.15, 0.2) is 47.5 Å². The molecule has 0 spiro atoms. The van der Waals surface area contributed by atoms with E-state index in [9.17, 15) is 9.59 Å². The maximum absolute atomic E-state index is 12.7. The predicted octanol–water partition coefficient (Wildman–Crippen LogP) is 1.53. The molecule has 2 heterocycles. The molecule has 3 rings (SSSR count). The van der Waals surface area contributed by atoms with Gasteiger partial charge in [-0.25, -0.2) is 0 Å². The molecule has 0 fully saturated rings. The Morgan fingerprint density at radius 3 is 2.86 bits per heavy atom. The van der Waals surface area contributed by atoms with Crippen molar-refractivity contribution in [2.24, 2.45) is 7.05 Å². The van der Waals surface area contributed by atoms with Gasteiger partial charge < -0.3 is 9.88 Å². The van der Waals surface area contributed by atoms with Crippen LogP contribution < -0.4 is 5.56 Å². The van der Waals surface area contributed by atoms with E-state index >= 15 is 0 Å². The van der Waals surface area contributed by atoms with Gasteiger partial charge in [-0.1, -0.05) is 18.2 Å². The van der Waals surface area contributed by atoms with Crippen LogP contribution in [0.25, 0.3) is 10.9 Å². The zero-order chi connectivity index (χ0) is 15.7. The zero-order valence-electron chi connectivity index (χ0n) is 12.4. The quantitative estimate of drug-likeness (QED) is 0.797. The fourth-order valence-corrected chi connectivity index (χ4v) is 2.49. The molecule has 0 unspecified atom stereocenters. The minimum absolute atomic E-state index is 0.189. The summed E-state index contributed by atoms with van der Waals surface area (Å²) in [6, 6.07) is 8.64. The first-order valence-corrected chi connectivity index (χ1v) is 6.89. The number of aromatic nitrogens is 3. The number of amides is 1. The number of pyridine rings is 1. The maximum atomic E-state index is 12.7. The van der Waals surface area contributed by atoms with Crippen LogP contribution in [0.5, 0.6) is 0 Å². The molecule has 0 aliphatic heterocycles. The van der Waals surface area contributed by atoms with Crippen LogP contribution in [0, 0.1) is 0 Å². The average Bonchev–Trinajstić information content (AvgIpc) is 2.90. The number of H-pyrrole nitrogens is 1. The Hall–Kier alpha value is -2.89. The smallest absolute Gasteiger partial charge is 0.254 e. The number of hydrogen-bond donors (Lipinski definition) is 1. The number of aryl methyl sites for hydroxylation is 1. The van der Waals surface area contributed by atoms with E-state index in [2.05, 4.69) is 10.1 Å². The van der Waals surface area contributed by atoms with Gasteiger partial charge in [-0.15, -0.1) is 0 Å². The molecular formula is C16H16N4O2. The fraction of sp³-hybridized carbons (Fsp3) is 0.188. The summed E-state index contributed by atoms with van der Waals surface area (Å²) in [5.41, 5.74) is 1.73. The molecule has 0 saturated carbocycles. The Kier molecular flexibility index (Phi) is 3.50. The standard InChI is InChI=1S/C16H16N4O2/c1-19(9-11-8-17-20(2)10-11)16(22)13-7-15(21)18-14-6-4-3-5-12(13)14/h3-8,10H,9H2,1-2H3,(H,18,21). The van der Waals surface area contributed by atoms with Gasteiger partial charge in [0, 0.05) is 49.4 Å². The van der Waals surface area contributed by atoms with E-state index in [4.69, 9.17) is 0 Å². The summed E-state index contributed by atoms with van der Waals surface area (Å²) in [4.78, 5) is 28.7. The van der Waals surface area contributed by atoms with Gasteiger partial charge in [0.15, 0.2) is 0 Å². The van der Waals surface area contributed by atoms with Crippen LogP contribution in [0.2, 0.25) is 0 Å². The lowest BCUT2D eigenvalue weighted by atomic mass is 10.1. The molecule has 0 aliphatic rings. The van der Waals surface area contributed by atoms with Crippen molar-refractivity contribution in [1.29, 1.82) is 0 Å². The van der Waals surface area contributed by atoms with E-state index in [0.29, 0.717) is 17.6 Å². The van der Waals surface area contributed by atoms with E-state index in [1.54, 1.807) is 28.9 Å². The monoisotopic (exact) mass is 296 g/mol. The van der Waals surface area contributed by atoms with Gasteiger partial charge in [-0.05, 0) is 6.07 Å². The van der Waals surface area contributed by atoms with Crippen molar-refractivity contribution in [1.82, 2.24) is 19.7 Å². The summed E-state index contributed by atoms with van der Waals surface area (Å²) in [6.07, 6.45) is 3.58. The van der Waals surface area contributed by atoms with Gasteiger partial charge in [-0.2, -0.15) is 5.10 Å². The second-order valence-corrected chi connectivity index (χ2v) is 5.28. The van der Waals surface area contributed by atoms with Crippen LogP contribution in [0.1, 0.15) is 15.9 Å². The van der Waals surface area contributed by atoms with Crippen molar-refractivity contribution in [2.45, 2.75) is 6.54 Å². The SMILES string of the molecule is CN(Cc1cnn(C)c1)C(=O)c1cc(=O)[nH]c2ccccc12. The van der Waals surface area contributed by atoms with Crippen LogP contribution in [0.4, 0.5) is 0 Å². The molecule has 0 aliphatic carbocycles. The molecule has 1 N–H and O–H groups in total. The number of benzene rings is 1. The number of nitrogens with zero attached hydrogens (tertiary/aromatic N) is 3. The third-order valence-corrected chi connectivity index (χ3v) is 3.51. The predicted molar refractivity (Wildman–Crippen MR) is 83.6 cm³/mol. The molecule has 1 amide bonds. The van der Waals surface area contributed by atoms with Crippen molar-refractivity contribution in [3.63, 3.8) is 0 Å². The van der Waals surface area contributed by atoms with Crippen LogP contribution in [-0.4, -0.2) is 32.6 Å². The van der Waals surface area contributed by atoms with E-state index < -0.39 is 0 Å². The molecule has 6 nitrogen and oxygen atoms in total. The summed E-state index contributed by atoms with van der Waals surface area (Å²) < 4.78 is 1.69. The highest BCUT2D eigenvalue weighted by Gasteiger charge is 2.16. The van der Waals surface area contributed by atoms with Crippen molar-refractivity contribution in [3.8, 4) is 0 Å². The van der Waals surface area contributed by atoms with Crippen molar-refractivity contribution in [2.75, 3.05) is 7.05 Å². The average molecular weight is 296 g/mol. The molecule has 3 aromatic rings. The third-order valence-electron chi connectivity index (χ3n) is 3.51. The Labute approximate surface area is 127 Å². The van der Waals surface area contributed by atoms with Gasteiger partial charge >= 0.3 is 0 Å². The normalized spacial score (nSPS) is 10.8. The molecule has 0 bridgehead atoms. The number of carbonyl (C=O) groups excluding carboxylic acids is 1. The first kappa shape index (κ1) is 14.1. The van der Waals surface area contributed by atoms with Crippen molar-refractivity contribution < 1.29 is 4.79 Å². The molecule has 0 radical (unpaired) electrons. The highest BCUT2D eigenvalue weighted by atomic mass is 16.2. The maximum Gasteiger partial charge on any atom is 0.254 e. The first-order valence-electron chi connectivity index (χ1n) is 6.89. The topological polar surface area (TPSA) is 71.0 Å². The van der Waals surface area contributed by atoms with Gasteiger partial charge in [-0.3, -0.25) is 14.3 Å². The number of para-hydroxylation sites is 1. The lowest BCUT2D eigenvalue weighted by molar-refractivity contribution is 0.0787. The van der Waals surface area contributed by atoms with Crippen LogP contribution in [-0.2, 0) is 13.6 Å². The van der Waals surface area contributed by atoms with Crippen molar-refractivity contribution >= 4 is 16.8 Å². The number of aromatic amines is 1. The molecular weight excluding hydrogens is 280 g/mol. The molecule has 22 heavy (non-hydrogen) atoms. The lowest BCUT2D eigenvalue weighted by Crippen LogP contribution is -2.27. The summed E-state index contributed by atoms with van der Waals surface area (Å²) in [5.74, 6) is -0.189. The number of carbonyl (C=O) groups is 1.